The third kappa shape index (κ3) is 4.21. The smallest absolute Gasteiger partial charge is 0.339 e. The summed E-state index contributed by atoms with van der Waals surface area (Å²) in [4.78, 5) is 15.7. The fourth-order valence-corrected chi connectivity index (χ4v) is 2.25. The van der Waals surface area contributed by atoms with Crippen molar-refractivity contribution in [3.63, 3.8) is 0 Å². The maximum atomic E-state index is 11.4. The Morgan fingerprint density at radius 2 is 2.27 bits per heavy atom. The van der Waals surface area contributed by atoms with Crippen LogP contribution in [0.5, 0.6) is 5.75 Å². The third-order valence-corrected chi connectivity index (χ3v) is 3.31. The fourth-order valence-electron chi connectivity index (χ4n) is 2.25. The van der Waals surface area contributed by atoms with Gasteiger partial charge in [-0.25, -0.2) is 4.79 Å². The van der Waals surface area contributed by atoms with Crippen molar-refractivity contribution in [1.82, 2.24) is 0 Å². The molecule has 1 aliphatic rings. The number of carbonyl (C=O) groups is 1. The minimum absolute atomic E-state index is 0.0777. The zero-order chi connectivity index (χ0) is 16.1. The van der Waals surface area contributed by atoms with Crippen LogP contribution < -0.4 is 10.5 Å². The van der Waals surface area contributed by atoms with Crippen LogP contribution in [0.4, 0.5) is 5.69 Å². The van der Waals surface area contributed by atoms with E-state index in [1.807, 2.05) is 13.8 Å². The van der Waals surface area contributed by atoms with Crippen LogP contribution in [0.2, 0.25) is 0 Å². The van der Waals surface area contributed by atoms with E-state index in [9.17, 15) is 9.90 Å². The molecule has 0 aromatic heterocycles. The maximum absolute atomic E-state index is 11.4. The molecule has 0 radical (unpaired) electrons. The number of ether oxygens (including phenoxy) is 2. The van der Waals surface area contributed by atoms with Gasteiger partial charge in [-0.15, -0.1) is 0 Å². The van der Waals surface area contributed by atoms with Crippen molar-refractivity contribution >= 4 is 17.9 Å². The van der Waals surface area contributed by atoms with Gasteiger partial charge in [-0.05, 0) is 39.2 Å². The van der Waals surface area contributed by atoms with Crippen molar-refractivity contribution < 1.29 is 19.4 Å². The van der Waals surface area contributed by atoms with E-state index < -0.39 is 5.97 Å². The molecule has 2 rings (SSSR count). The average Bonchev–Trinajstić information content (AvgIpc) is 2.46. The molecule has 1 saturated heterocycles. The van der Waals surface area contributed by atoms with Gasteiger partial charge in [0.2, 0.25) is 0 Å². The van der Waals surface area contributed by atoms with E-state index in [1.54, 1.807) is 6.21 Å². The fraction of sp³-hybridized carbons (Fsp3) is 0.500. The summed E-state index contributed by atoms with van der Waals surface area (Å²) in [6, 6.07) is 3.02. The Balaban J connectivity index is 2.25. The summed E-state index contributed by atoms with van der Waals surface area (Å²) in [6.45, 7) is 4.37. The number of nitrogens with two attached hydrogens (primary N) is 1. The Labute approximate surface area is 129 Å². The number of hydrogen-bond donors (Lipinski definition) is 2. The molecule has 0 amide bonds. The van der Waals surface area contributed by atoms with Gasteiger partial charge in [-0.1, -0.05) is 0 Å². The molecule has 1 aromatic carbocycles. The molecule has 1 unspecified atom stereocenters. The molecular formula is C16H22N2O4. The lowest BCUT2D eigenvalue weighted by Gasteiger charge is -2.18. The predicted octanol–water partition coefficient (Wildman–Crippen LogP) is 2.70. The highest BCUT2D eigenvalue weighted by Crippen LogP contribution is 2.26. The van der Waals surface area contributed by atoms with Crippen molar-refractivity contribution in [2.75, 3.05) is 12.3 Å². The molecule has 3 N–H and O–H groups in total. The number of nitrogens with zero attached hydrogens (tertiary/aromatic N) is 1. The highest BCUT2D eigenvalue weighted by atomic mass is 16.5. The van der Waals surface area contributed by atoms with Crippen LogP contribution in [0.15, 0.2) is 17.1 Å². The summed E-state index contributed by atoms with van der Waals surface area (Å²) in [5, 5.41) is 9.32. The highest BCUT2D eigenvalue weighted by Gasteiger charge is 2.16. The van der Waals surface area contributed by atoms with Gasteiger partial charge in [0.05, 0.1) is 6.10 Å². The predicted molar refractivity (Wildman–Crippen MR) is 84.8 cm³/mol. The van der Waals surface area contributed by atoms with Gasteiger partial charge in [-0.2, -0.15) is 0 Å². The van der Waals surface area contributed by atoms with Gasteiger partial charge < -0.3 is 20.3 Å². The number of benzene rings is 1. The van der Waals surface area contributed by atoms with Gasteiger partial charge in [0.15, 0.2) is 0 Å². The van der Waals surface area contributed by atoms with E-state index in [4.69, 9.17) is 15.2 Å². The van der Waals surface area contributed by atoms with Gasteiger partial charge in [0, 0.05) is 30.1 Å². The minimum Gasteiger partial charge on any atom is -0.490 e. The molecule has 0 spiro atoms. The van der Waals surface area contributed by atoms with E-state index in [1.165, 1.54) is 12.1 Å². The number of carboxylic acid groups (broad SMARTS) is 1. The molecule has 0 aliphatic carbocycles. The summed E-state index contributed by atoms with van der Waals surface area (Å²) in [7, 11) is 0. The highest BCUT2D eigenvalue weighted by molar-refractivity contribution is 5.97. The maximum Gasteiger partial charge on any atom is 0.339 e. The molecule has 120 valence electrons. The largest absolute Gasteiger partial charge is 0.490 e. The second kappa shape index (κ2) is 7.26. The first-order valence-corrected chi connectivity index (χ1v) is 7.45. The average molecular weight is 306 g/mol. The summed E-state index contributed by atoms with van der Waals surface area (Å²) < 4.78 is 11.0. The van der Waals surface area contributed by atoms with Gasteiger partial charge >= 0.3 is 5.97 Å². The Kier molecular flexibility index (Phi) is 5.38. The van der Waals surface area contributed by atoms with Gasteiger partial charge in [0.25, 0.3) is 0 Å². The molecule has 1 aliphatic heterocycles. The van der Waals surface area contributed by atoms with Crippen molar-refractivity contribution in [3.8, 4) is 5.75 Å². The monoisotopic (exact) mass is 306 g/mol. The van der Waals surface area contributed by atoms with Crippen molar-refractivity contribution in [2.45, 2.75) is 45.4 Å². The van der Waals surface area contributed by atoms with Crippen LogP contribution in [0.3, 0.4) is 0 Å². The Morgan fingerprint density at radius 1 is 1.50 bits per heavy atom. The van der Waals surface area contributed by atoms with Crippen molar-refractivity contribution in [3.05, 3.63) is 23.3 Å². The summed E-state index contributed by atoms with van der Waals surface area (Å²) in [6.07, 6.45) is 4.28. The summed E-state index contributed by atoms with van der Waals surface area (Å²) in [5.74, 6) is -0.787. The zero-order valence-electron chi connectivity index (χ0n) is 12.9. The first-order chi connectivity index (χ1) is 10.5. The van der Waals surface area contributed by atoms with Gasteiger partial charge in [-0.3, -0.25) is 4.99 Å². The second-order valence-electron chi connectivity index (χ2n) is 5.55. The number of anilines is 1. The first-order valence-electron chi connectivity index (χ1n) is 7.45. The molecule has 1 heterocycles. The van der Waals surface area contributed by atoms with Crippen molar-refractivity contribution in [1.29, 1.82) is 0 Å². The lowest BCUT2D eigenvalue weighted by molar-refractivity contribution is 0.0227. The summed E-state index contributed by atoms with van der Waals surface area (Å²) in [5.41, 5.74) is 7.04. The normalized spacial score (nSPS) is 18.8. The van der Waals surface area contributed by atoms with E-state index in [0.29, 0.717) is 17.9 Å². The molecule has 1 fully saturated rings. The van der Waals surface area contributed by atoms with E-state index >= 15 is 0 Å². The van der Waals surface area contributed by atoms with Crippen LogP contribution in [0.25, 0.3) is 0 Å². The van der Waals surface area contributed by atoms with Crippen molar-refractivity contribution in [2.24, 2.45) is 4.99 Å². The van der Waals surface area contributed by atoms with E-state index in [0.717, 1.165) is 19.3 Å². The topological polar surface area (TPSA) is 94.1 Å². The second-order valence-corrected chi connectivity index (χ2v) is 5.55. The Bertz CT molecular complexity index is 564. The van der Waals surface area contributed by atoms with Crippen LogP contribution in [0.1, 0.15) is 49.0 Å². The van der Waals surface area contributed by atoms with Gasteiger partial charge in [0.1, 0.15) is 17.5 Å². The first kappa shape index (κ1) is 16.3. The number of aromatic carboxylic acids is 1. The van der Waals surface area contributed by atoms with Crippen LogP contribution in [-0.2, 0) is 4.74 Å². The zero-order valence-corrected chi connectivity index (χ0v) is 12.9. The number of rotatable bonds is 5. The van der Waals surface area contributed by atoms with Crippen LogP contribution >= 0.6 is 0 Å². The quantitative estimate of drug-likeness (QED) is 0.644. The van der Waals surface area contributed by atoms with E-state index in [-0.39, 0.29) is 23.6 Å². The molecule has 6 nitrogen and oxygen atoms in total. The van der Waals surface area contributed by atoms with Crippen LogP contribution in [-0.4, -0.2) is 36.2 Å². The minimum atomic E-state index is -1.06. The van der Waals surface area contributed by atoms with Crippen LogP contribution in [0, 0.1) is 0 Å². The Morgan fingerprint density at radius 3 is 2.86 bits per heavy atom. The molecule has 22 heavy (non-hydrogen) atoms. The SMILES string of the molecule is CC(C)Oc1cc(N)c(C=NC2CCCCO2)cc1C(=O)O. The molecule has 1 aromatic rings. The third-order valence-electron chi connectivity index (χ3n) is 3.31. The molecular weight excluding hydrogens is 284 g/mol. The Hall–Kier alpha value is -2.08. The number of hydrogen-bond acceptors (Lipinski definition) is 5. The molecule has 1 atom stereocenters. The summed E-state index contributed by atoms with van der Waals surface area (Å²) >= 11 is 0. The molecule has 0 bridgehead atoms. The lowest BCUT2D eigenvalue weighted by atomic mass is 10.1. The number of carboxylic acids is 1. The standard InChI is InChI=1S/C16H22N2O4/c1-10(2)22-14-8-13(17)11(7-12(14)16(19)20)9-18-15-5-3-4-6-21-15/h7-10,15H,3-6,17H2,1-2H3,(H,19,20). The van der Waals surface area contributed by atoms with E-state index in [2.05, 4.69) is 4.99 Å². The number of nitrogen functional groups attached to an aromatic ring is 1. The lowest BCUT2D eigenvalue weighted by Crippen LogP contribution is -2.17. The molecule has 6 heteroatoms. The number of aliphatic imine (C=N–C) groups is 1. The molecule has 0 saturated carbocycles.